The van der Waals surface area contributed by atoms with Gasteiger partial charge in [0.2, 0.25) is 5.82 Å². The van der Waals surface area contributed by atoms with Crippen molar-refractivity contribution in [2.45, 2.75) is 6.73 Å². The molecule has 0 N–H and O–H groups in total. The minimum Gasteiger partial charge on any atom is -0.471 e. The number of para-hydroxylation sites is 1. The molecular formula is C19H13ClN6O. The molecular weight excluding hydrogens is 364 g/mol. The molecule has 0 unspecified atom stereocenters. The summed E-state index contributed by atoms with van der Waals surface area (Å²) in [7, 11) is 0. The van der Waals surface area contributed by atoms with Crippen molar-refractivity contribution in [2.75, 3.05) is 0 Å². The lowest BCUT2D eigenvalue weighted by Crippen LogP contribution is -2.05. The monoisotopic (exact) mass is 376 g/mol. The Labute approximate surface area is 158 Å². The largest absolute Gasteiger partial charge is 0.471 e. The lowest BCUT2D eigenvalue weighted by Gasteiger charge is -2.05. The first-order chi connectivity index (χ1) is 13.3. The van der Waals surface area contributed by atoms with Crippen molar-refractivity contribution in [1.82, 2.24) is 29.4 Å². The molecule has 2 aromatic carbocycles. The molecule has 0 radical (unpaired) electrons. The third-order valence-corrected chi connectivity index (χ3v) is 4.35. The van der Waals surface area contributed by atoms with Crippen LogP contribution in [0.25, 0.3) is 28.1 Å². The number of rotatable bonds is 4. The standard InChI is InChI=1S/C19H13ClN6O/c20-13-4-3-5-14(10-13)27-12-25-9-8-17(23-25)18-22-19-15-6-1-2-7-16(15)21-11-26(19)24-18/h1-11H,12H2. The van der Waals surface area contributed by atoms with E-state index in [2.05, 4.69) is 20.2 Å². The van der Waals surface area contributed by atoms with Crippen LogP contribution < -0.4 is 4.74 Å². The van der Waals surface area contributed by atoms with E-state index in [-0.39, 0.29) is 6.73 Å². The fourth-order valence-corrected chi connectivity index (χ4v) is 3.02. The Morgan fingerprint density at radius 2 is 1.93 bits per heavy atom. The van der Waals surface area contributed by atoms with Crippen LogP contribution in [0.1, 0.15) is 0 Å². The maximum atomic E-state index is 5.96. The van der Waals surface area contributed by atoms with Gasteiger partial charge in [0, 0.05) is 16.6 Å². The summed E-state index contributed by atoms with van der Waals surface area (Å²) in [5.41, 5.74) is 2.29. The highest BCUT2D eigenvalue weighted by molar-refractivity contribution is 6.30. The van der Waals surface area contributed by atoms with Crippen molar-refractivity contribution in [1.29, 1.82) is 0 Å². The van der Waals surface area contributed by atoms with E-state index in [1.54, 1.807) is 27.7 Å². The Bertz CT molecular complexity index is 1260. The molecule has 0 saturated heterocycles. The van der Waals surface area contributed by atoms with Gasteiger partial charge in [-0.25, -0.2) is 19.2 Å². The van der Waals surface area contributed by atoms with Crippen LogP contribution in [0.4, 0.5) is 0 Å². The number of fused-ring (bicyclic) bond motifs is 3. The van der Waals surface area contributed by atoms with E-state index in [1.807, 2.05) is 48.7 Å². The molecule has 0 atom stereocenters. The second-order valence-electron chi connectivity index (χ2n) is 5.94. The number of aromatic nitrogens is 6. The van der Waals surface area contributed by atoms with Crippen LogP contribution in [-0.4, -0.2) is 29.4 Å². The van der Waals surface area contributed by atoms with Gasteiger partial charge in [-0.2, -0.15) is 5.10 Å². The van der Waals surface area contributed by atoms with Gasteiger partial charge in [-0.3, -0.25) is 0 Å². The van der Waals surface area contributed by atoms with Crippen molar-refractivity contribution in [3.8, 4) is 17.3 Å². The molecule has 132 valence electrons. The van der Waals surface area contributed by atoms with Crippen molar-refractivity contribution >= 4 is 28.2 Å². The first-order valence-electron chi connectivity index (χ1n) is 8.28. The molecule has 0 fully saturated rings. The predicted molar refractivity (Wildman–Crippen MR) is 102 cm³/mol. The van der Waals surface area contributed by atoms with Gasteiger partial charge in [-0.15, -0.1) is 5.10 Å². The lowest BCUT2D eigenvalue weighted by molar-refractivity contribution is 0.221. The van der Waals surface area contributed by atoms with E-state index in [9.17, 15) is 0 Å². The molecule has 0 spiro atoms. The molecule has 0 aliphatic carbocycles. The molecule has 5 rings (SSSR count). The average Bonchev–Trinajstić information content (AvgIpc) is 3.33. The number of halogens is 1. The van der Waals surface area contributed by atoms with E-state index in [0.29, 0.717) is 22.3 Å². The topological polar surface area (TPSA) is 70.1 Å². The lowest BCUT2D eigenvalue weighted by atomic mass is 10.2. The van der Waals surface area contributed by atoms with E-state index >= 15 is 0 Å². The van der Waals surface area contributed by atoms with Gasteiger partial charge in [-0.05, 0) is 36.4 Å². The molecule has 8 heteroatoms. The summed E-state index contributed by atoms with van der Waals surface area (Å²) in [6, 6.07) is 16.9. The van der Waals surface area contributed by atoms with Gasteiger partial charge in [0.25, 0.3) is 0 Å². The minimum absolute atomic E-state index is 0.262. The van der Waals surface area contributed by atoms with Gasteiger partial charge < -0.3 is 4.74 Å². The maximum Gasteiger partial charge on any atom is 0.202 e. The predicted octanol–water partition coefficient (Wildman–Crippen LogP) is 3.83. The van der Waals surface area contributed by atoms with Crippen LogP contribution in [0.3, 0.4) is 0 Å². The Morgan fingerprint density at radius 1 is 1.00 bits per heavy atom. The molecule has 0 aliphatic heterocycles. The number of nitrogens with zero attached hydrogens (tertiary/aromatic N) is 6. The minimum atomic E-state index is 0.262. The Kier molecular flexibility index (Phi) is 3.72. The number of ether oxygens (including phenoxy) is 1. The zero-order valence-corrected chi connectivity index (χ0v) is 14.8. The van der Waals surface area contributed by atoms with Crippen molar-refractivity contribution in [3.05, 3.63) is 72.1 Å². The summed E-state index contributed by atoms with van der Waals surface area (Å²) in [5.74, 6) is 1.22. The molecule has 0 amide bonds. The number of benzene rings is 2. The van der Waals surface area contributed by atoms with E-state index < -0.39 is 0 Å². The second-order valence-corrected chi connectivity index (χ2v) is 6.37. The summed E-state index contributed by atoms with van der Waals surface area (Å²) in [5, 5.41) is 10.6. The summed E-state index contributed by atoms with van der Waals surface area (Å²) in [6.07, 6.45) is 3.48. The number of hydrogen-bond acceptors (Lipinski definition) is 5. The quantitative estimate of drug-likeness (QED) is 0.476. The van der Waals surface area contributed by atoms with Crippen LogP contribution in [0.15, 0.2) is 67.1 Å². The van der Waals surface area contributed by atoms with Gasteiger partial charge >= 0.3 is 0 Å². The highest BCUT2D eigenvalue weighted by Gasteiger charge is 2.12. The molecule has 27 heavy (non-hydrogen) atoms. The molecule has 0 bridgehead atoms. The summed E-state index contributed by atoms with van der Waals surface area (Å²) in [4.78, 5) is 9.03. The highest BCUT2D eigenvalue weighted by atomic mass is 35.5. The normalized spacial score (nSPS) is 11.3. The fourth-order valence-electron chi connectivity index (χ4n) is 2.84. The van der Waals surface area contributed by atoms with Crippen LogP contribution in [0.2, 0.25) is 5.02 Å². The van der Waals surface area contributed by atoms with Gasteiger partial charge in [0.15, 0.2) is 12.4 Å². The third-order valence-electron chi connectivity index (χ3n) is 4.11. The molecule has 0 aliphatic rings. The van der Waals surface area contributed by atoms with E-state index in [0.717, 1.165) is 16.6 Å². The highest BCUT2D eigenvalue weighted by Crippen LogP contribution is 2.20. The number of hydrogen-bond donors (Lipinski definition) is 0. The third kappa shape index (κ3) is 2.98. The Hall–Kier alpha value is -3.45. The van der Waals surface area contributed by atoms with Gasteiger partial charge in [0.1, 0.15) is 17.8 Å². The second kappa shape index (κ2) is 6.37. The Balaban J connectivity index is 1.43. The van der Waals surface area contributed by atoms with E-state index in [1.165, 1.54) is 0 Å². The van der Waals surface area contributed by atoms with Crippen LogP contribution in [0, 0.1) is 0 Å². The zero-order valence-electron chi connectivity index (χ0n) is 14.0. The van der Waals surface area contributed by atoms with Gasteiger partial charge in [0.05, 0.1) is 5.52 Å². The first-order valence-corrected chi connectivity index (χ1v) is 8.66. The molecule has 3 heterocycles. The summed E-state index contributed by atoms with van der Waals surface area (Å²) >= 11 is 5.96. The maximum absolute atomic E-state index is 5.96. The smallest absolute Gasteiger partial charge is 0.202 e. The summed E-state index contributed by atoms with van der Waals surface area (Å²) < 4.78 is 9.04. The average molecular weight is 377 g/mol. The van der Waals surface area contributed by atoms with Crippen molar-refractivity contribution in [3.63, 3.8) is 0 Å². The Morgan fingerprint density at radius 3 is 2.85 bits per heavy atom. The SMILES string of the molecule is Clc1cccc(OCn2ccc(-c3nc4c5ccccc5ncn4n3)n2)c1. The first kappa shape index (κ1) is 15.8. The van der Waals surface area contributed by atoms with Crippen LogP contribution in [-0.2, 0) is 6.73 Å². The molecule has 3 aromatic heterocycles. The van der Waals surface area contributed by atoms with Crippen LogP contribution >= 0.6 is 11.6 Å². The van der Waals surface area contributed by atoms with Gasteiger partial charge in [-0.1, -0.05) is 29.8 Å². The molecule has 5 aromatic rings. The summed E-state index contributed by atoms with van der Waals surface area (Å²) in [6.45, 7) is 0.262. The van der Waals surface area contributed by atoms with Crippen molar-refractivity contribution in [2.24, 2.45) is 0 Å². The molecule has 7 nitrogen and oxygen atoms in total. The zero-order chi connectivity index (χ0) is 18.2. The van der Waals surface area contributed by atoms with Crippen molar-refractivity contribution < 1.29 is 4.74 Å². The van der Waals surface area contributed by atoms with E-state index in [4.69, 9.17) is 16.3 Å². The molecule has 0 saturated carbocycles. The fraction of sp³-hybridized carbons (Fsp3) is 0.0526. The van der Waals surface area contributed by atoms with Crippen LogP contribution in [0.5, 0.6) is 5.75 Å².